The van der Waals surface area contributed by atoms with Crippen LogP contribution in [0, 0.1) is 13.8 Å². The minimum atomic E-state index is -0.389. The minimum absolute atomic E-state index is 0.389. The summed E-state index contributed by atoms with van der Waals surface area (Å²) in [4.78, 5) is 4.81. The van der Waals surface area contributed by atoms with Gasteiger partial charge in [0.25, 0.3) is 0 Å². The van der Waals surface area contributed by atoms with Gasteiger partial charge in [0.2, 0.25) is 0 Å². The van der Waals surface area contributed by atoms with Gasteiger partial charge in [-0.15, -0.1) is 0 Å². The molecule has 1 heterocycles. The van der Waals surface area contributed by atoms with E-state index in [1.165, 1.54) is 17.5 Å². The van der Waals surface area contributed by atoms with E-state index in [2.05, 4.69) is 55.8 Å². The van der Waals surface area contributed by atoms with Gasteiger partial charge in [0.1, 0.15) is 0 Å². The minimum Gasteiger partial charge on any atom is -0.387 e. The summed E-state index contributed by atoms with van der Waals surface area (Å²) >= 11 is 0. The Labute approximate surface area is 123 Å². The molecule has 3 nitrogen and oxygen atoms in total. The number of nitrogens with zero attached hydrogens (tertiary/aromatic N) is 2. The number of hydrogen-bond donors (Lipinski definition) is 1. The number of aliphatic hydroxyl groups is 1. The van der Waals surface area contributed by atoms with Crippen molar-refractivity contribution in [2.24, 2.45) is 0 Å². The molecule has 1 saturated heterocycles. The number of aliphatic hydroxyl groups excluding tert-OH is 1. The first-order chi connectivity index (χ1) is 9.45. The molecule has 1 aromatic carbocycles. The van der Waals surface area contributed by atoms with Gasteiger partial charge in [-0.05, 0) is 52.9 Å². The van der Waals surface area contributed by atoms with Gasteiger partial charge in [-0.2, -0.15) is 0 Å². The van der Waals surface area contributed by atoms with Gasteiger partial charge in [0, 0.05) is 19.1 Å². The fourth-order valence-electron chi connectivity index (χ4n) is 3.22. The monoisotopic (exact) mass is 276 g/mol. The largest absolute Gasteiger partial charge is 0.387 e. The van der Waals surface area contributed by atoms with E-state index in [4.69, 9.17) is 0 Å². The molecule has 0 saturated carbocycles. The normalized spacial score (nSPS) is 23.6. The van der Waals surface area contributed by atoms with Crippen molar-refractivity contribution in [2.45, 2.75) is 39.3 Å². The third-order valence-corrected chi connectivity index (χ3v) is 4.22. The first-order valence-corrected chi connectivity index (χ1v) is 7.64. The second-order valence-corrected chi connectivity index (χ2v) is 6.40. The van der Waals surface area contributed by atoms with Crippen molar-refractivity contribution in [1.82, 2.24) is 9.80 Å². The van der Waals surface area contributed by atoms with Gasteiger partial charge in [-0.3, -0.25) is 4.90 Å². The van der Waals surface area contributed by atoms with Gasteiger partial charge in [-0.1, -0.05) is 29.3 Å². The van der Waals surface area contributed by atoms with E-state index < -0.39 is 0 Å². The Bertz CT molecular complexity index is 426. The summed E-state index contributed by atoms with van der Waals surface area (Å²) in [5.41, 5.74) is 3.50. The summed E-state index contributed by atoms with van der Waals surface area (Å²) in [5, 5.41) is 10.5. The van der Waals surface area contributed by atoms with Crippen LogP contribution in [-0.2, 0) is 0 Å². The van der Waals surface area contributed by atoms with Gasteiger partial charge in [-0.25, -0.2) is 0 Å². The Hall–Kier alpha value is -0.900. The fraction of sp³-hybridized carbons (Fsp3) is 0.647. The first kappa shape index (κ1) is 15.5. The molecule has 0 radical (unpaired) electrons. The topological polar surface area (TPSA) is 26.7 Å². The molecule has 3 heteroatoms. The van der Waals surface area contributed by atoms with Crippen LogP contribution in [0.2, 0.25) is 0 Å². The highest BCUT2D eigenvalue weighted by Gasteiger charge is 2.22. The van der Waals surface area contributed by atoms with Crippen LogP contribution in [0.1, 0.15) is 36.1 Å². The van der Waals surface area contributed by atoms with Crippen molar-refractivity contribution in [1.29, 1.82) is 0 Å². The van der Waals surface area contributed by atoms with Gasteiger partial charge in [0.05, 0.1) is 6.10 Å². The predicted molar refractivity (Wildman–Crippen MR) is 84.0 cm³/mol. The molecule has 1 aliphatic heterocycles. The highest BCUT2D eigenvalue weighted by atomic mass is 16.3. The predicted octanol–water partition coefficient (Wildman–Crippen LogP) is 2.36. The molecule has 2 atom stereocenters. The summed E-state index contributed by atoms with van der Waals surface area (Å²) in [6, 6.07) is 6.86. The summed E-state index contributed by atoms with van der Waals surface area (Å²) in [6.07, 6.45) is 0.792. The molecule has 1 aromatic rings. The average Bonchev–Trinajstić information content (AvgIpc) is 2.50. The molecular formula is C17H28N2O. The van der Waals surface area contributed by atoms with Crippen LogP contribution in [0.4, 0.5) is 0 Å². The van der Waals surface area contributed by atoms with E-state index in [0.717, 1.165) is 31.7 Å². The lowest BCUT2D eigenvalue weighted by Crippen LogP contribution is -2.40. The van der Waals surface area contributed by atoms with E-state index in [9.17, 15) is 5.11 Å². The Morgan fingerprint density at radius 2 is 1.85 bits per heavy atom. The van der Waals surface area contributed by atoms with Crippen molar-refractivity contribution >= 4 is 0 Å². The molecule has 2 rings (SSSR count). The number of rotatable bonds is 3. The van der Waals surface area contributed by atoms with E-state index in [1.807, 2.05) is 0 Å². The molecule has 112 valence electrons. The number of benzene rings is 1. The lowest BCUT2D eigenvalue weighted by Gasteiger charge is -2.30. The second-order valence-electron chi connectivity index (χ2n) is 6.40. The zero-order chi connectivity index (χ0) is 14.7. The van der Waals surface area contributed by atoms with Crippen molar-refractivity contribution in [3.63, 3.8) is 0 Å². The van der Waals surface area contributed by atoms with E-state index >= 15 is 0 Å². The number of likely N-dealkylation sites (N-methyl/N-ethyl adjacent to an activating group) is 1. The molecule has 0 amide bonds. The van der Waals surface area contributed by atoms with Crippen LogP contribution >= 0.6 is 0 Å². The van der Waals surface area contributed by atoms with Crippen LogP contribution in [0.25, 0.3) is 0 Å². The standard InChI is InChI=1S/C17H28N2O/c1-13-8-14(2)10-16(9-13)17(20)12-19-7-5-6-18(4)11-15(19)3/h8-10,15,17,20H,5-7,11-12H2,1-4H3. The highest BCUT2D eigenvalue weighted by molar-refractivity contribution is 5.30. The zero-order valence-electron chi connectivity index (χ0n) is 13.3. The molecule has 20 heavy (non-hydrogen) atoms. The Morgan fingerprint density at radius 3 is 2.50 bits per heavy atom. The molecule has 2 unspecified atom stereocenters. The maximum atomic E-state index is 10.5. The van der Waals surface area contributed by atoms with E-state index in [1.54, 1.807) is 0 Å². The maximum Gasteiger partial charge on any atom is 0.0917 e. The fourth-order valence-corrected chi connectivity index (χ4v) is 3.22. The average molecular weight is 276 g/mol. The highest BCUT2D eigenvalue weighted by Crippen LogP contribution is 2.20. The SMILES string of the molecule is Cc1cc(C)cc(C(O)CN2CCCN(C)CC2C)c1. The van der Waals surface area contributed by atoms with Crippen molar-refractivity contribution in [3.05, 3.63) is 34.9 Å². The van der Waals surface area contributed by atoms with Gasteiger partial charge in [0.15, 0.2) is 0 Å². The molecule has 1 fully saturated rings. The lowest BCUT2D eigenvalue weighted by atomic mass is 10.0. The molecule has 0 aromatic heterocycles. The first-order valence-electron chi connectivity index (χ1n) is 7.64. The third kappa shape index (κ3) is 4.05. The van der Waals surface area contributed by atoms with Crippen molar-refractivity contribution in [3.8, 4) is 0 Å². The molecule has 0 aliphatic carbocycles. The molecule has 0 bridgehead atoms. The van der Waals surface area contributed by atoms with Gasteiger partial charge >= 0.3 is 0 Å². The molecule has 1 aliphatic rings. The maximum absolute atomic E-state index is 10.5. The summed E-state index contributed by atoms with van der Waals surface area (Å²) < 4.78 is 0. The number of β-amino-alcohol motifs (C(OH)–C–C–N with tert-alkyl or cyclic N) is 1. The zero-order valence-corrected chi connectivity index (χ0v) is 13.3. The Balaban J connectivity index is 2.04. The van der Waals surface area contributed by atoms with Crippen LogP contribution in [0.5, 0.6) is 0 Å². The summed E-state index contributed by atoms with van der Waals surface area (Å²) in [7, 11) is 2.18. The van der Waals surface area contributed by atoms with Crippen LogP contribution in [0.15, 0.2) is 18.2 Å². The lowest BCUT2D eigenvalue weighted by molar-refractivity contribution is 0.0920. The molecule has 1 N–H and O–H groups in total. The number of aryl methyl sites for hydroxylation is 2. The van der Waals surface area contributed by atoms with Gasteiger partial charge < -0.3 is 10.0 Å². The Kier molecular flexibility index (Phi) is 5.19. The molecule has 0 spiro atoms. The van der Waals surface area contributed by atoms with Crippen LogP contribution in [-0.4, -0.2) is 54.2 Å². The smallest absolute Gasteiger partial charge is 0.0917 e. The van der Waals surface area contributed by atoms with Crippen molar-refractivity contribution in [2.75, 3.05) is 33.2 Å². The third-order valence-electron chi connectivity index (χ3n) is 4.22. The van der Waals surface area contributed by atoms with Crippen LogP contribution in [0.3, 0.4) is 0 Å². The van der Waals surface area contributed by atoms with Crippen molar-refractivity contribution < 1.29 is 5.11 Å². The van der Waals surface area contributed by atoms with E-state index in [0.29, 0.717) is 6.04 Å². The van der Waals surface area contributed by atoms with Crippen LogP contribution < -0.4 is 0 Å². The number of hydrogen-bond acceptors (Lipinski definition) is 3. The molecular weight excluding hydrogens is 248 g/mol. The summed E-state index contributed by atoms with van der Waals surface area (Å²) in [5.74, 6) is 0. The Morgan fingerprint density at radius 1 is 1.20 bits per heavy atom. The summed E-state index contributed by atoms with van der Waals surface area (Å²) in [6.45, 7) is 10.5. The van der Waals surface area contributed by atoms with E-state index in [-0.39, 0.29) is 6.10 Å². The second kappa shape index (κ2) is 6.70. The quantitative estimate of drug-likeness (QED) is 0.918.